The van der Waals surface area contributed by atoms with Crippen LogP contribution in [0, 0.1) is 0 Å². The van der Waals surface area contributed by atoms with Crippen molar-refractivity contribution in [3.63, 3.8) is 0 Å². The quantitative estimate of drug-likeness (QED) is 0.672. The second kappa shape index (κ2) is 7.59. The fourth-order valence-electron chi connectivity index (χ4n) is 2.67. The van der Waals surface area contributed by atoms with Gasteiger partial charge in [-0.25, -0.2) is 4.79 Å². The van der Waals surface area contributed by atoms with Crippen molar-refractivity contribution in [1.82, 2.24) is 4.90 Å². The molecule has 3 rings (SSSR count). The van der Waals surface area contributed by atoms with E-state index < -0.39 is 5.63 Å². The van der Waals surface area contributed by atoms with Crippen LogP contribution in [0.3, 0.4) is 0 Å². The van der Waals surface area contributed by atoms with Crippen LogP contribution < -0.4 is 10.9 Å². The largest absolute Gasteiger partial charge is 0.508 e. The van der Waals surface area contributed by atoms with Crippen molar-refractivity contribution in [1.29, 1.82) is 0 Å². The molecule has 0 saturated heterocycles. The number of hydrogen-bond donors (Lipinski definition) is 2. The van der Waals surface area contributed by atoms with Crippen LogP contribution in [0.4, 0.5) is 5.69 Å². The Balaban J connectivity index is 1.70. The normalized spacial score (nSPS) is 11.0. The second-order valence-electron chi connectivity index (χ2n) is 6.00. The number of fused-ring (bicyclic) bond motifs is 1. The summed E-state index contributed by atoms with van der Waals surface area (Å²) in [5, 5.41) is 13.6. The molecule has 0 unspecified atom stereocenters. The van der Waals surface area contributed by atoms with E-state index in [0.717, 1.165) is 5.56 Å². The molecule has 0 aliphatic carbocycles. The Hall–Kier alpha value is -2.83. The van der Waals surface area contributed by atoms with E-state index in [1.54, 1.807) is 42.3 Å². The molecule has 6 nitrogen and oxygen atoms in total. The van der Waals surface area contributed by atoms with Crippen LogP contribution in [-0.4, -0.2) is 29.5 Å². The maximum atomic E-state index is 12.2. The van der Waals surface area contributed by atoms with Gasteiger partial charge >= 0.3 is 5.63 Å². The van der Waals surface area contributed by atoms with Gasteiger partial charge in [0.25, 0.3) is 0 Å². The second-order valence-corrected chi connectivity index (χ2v) is 6.43. The fourth-order valence-corrected chi connectivity index (χ4v) is 2.80. The zero-order valence-corrected chi connectivity index (χ0v) is 14.8. The molecular weight excluding hydrogens is 356 g/mol. The molecule has 2 N–H and O–H groups in total. The number of nitrogens with one attached hydrogen (secondary N) is 1. The molecule has 0 spiro atoms. The van der Waals surface area contributed by atoms with Gasteiger partial charge in [-0.05, 0) is 49.0 Å². The van der Waals surface area contributed by atoms with E-state index in [1.807, 2.05) is 0 Å². The van der Waals surface area contributed by atoms with Crippen molar-refractivity contribution >= 4 is 34.2 Å². The average molecular weight is 373 g/mol. The van der Waals surface area contributed by atoms with Gasteiger partial charge in [0.2, 0.25) is 5.91 Å². The van der Waals surface area contributed by atoms with E-state index in [4.69, 9.17) is 16.0 Å². The van der Waals surface area contributed by atoms with Crippen LogP contribution in [0.1, 0.15) is 5.56 Å². The van der Waals surface area contributed by atoms with Crippen LogP contribution in [-0.2, 0) is 11.3 Å². The number of carbonyl (C=O) groups is 1. The number of amides is 1. The van der Waals surface area contributed by atoms with E-state index in [-0.39, 0.29) is 18.2 Å². The Kier molecular flexibility index (Phi) is 5.25. The van der Waals surface area contributed by atoms with Gasteiger partial charge in [0.15, 0.2) is 0 Å². The highest BCUT2D eigenvalue weighted by molar-refractivity contribution is 6.30. The Morgan fingerprint density at radius 3 is 2.65 bits per heavy atom. The third kappa shape index (κ3) is 4.41. The number of benzene rings is 2. The summed E-state index contributed by atoms with van der Waals surface area (Å²) in [6, 6.07) is 12.9. The molecule has 0 radical (unpaired) electrons. The predicted octanol–water partition coefficient (Wildman–Crippen LogP) is 3.22. The smallest absolute Gasteiger partial charge is 0.336 e. The topological polar surface area (TPSA) is 82.8 Å². The van der Waals surface area contributed by atoms with Crippen LogP contribution in [0.25, 0.3) is 11.0 Å². The van der Waals surface area contributed by atoms with Crippen molar-refractivity contribution in [3.8, 4) is 5.75 Å². The lowest BCUT2D eigenvalue weighted by Crippen LogP contribution is -2.30. The van der Waals surface area contributed by atoms with E-state index in [9.17, 15) is 14.7 Å². The zero-order chi connectivity index (χ0) is 18.7. The maximum Gasteiger partial charge on any atom is 0.336 e. The molecule has 2 aromatic carbocycles. The summed E-state index contributed by atoms with van der Waals surface area (Å²) < 4.78 is 5.11. The zero-order valence-electron chi connectivity index (χ0n) is 14.0. The standard InChI is InChI=1S/C19H17ClN2O4/c1-22(11-18(24)21-14-4-2-13(20)3-5-14)10-12-8-19(25)26-17-9-15(23)6-7-16(12)17/h2-9,23H,10-11H2,1H3,(H,21,24). The first-order valence-corrected chi connectivity index (χ1v) is 8.28. The Morgan fingerprint density at radius 2 is 1.92 bits per heavy atom. The van der Waals surface area contributed by atoms with Gasteiger partial charge in [-0.2, -0.15) is 0 Å². The molecule has 26 heavy (non-hydrogen) atoms. The summed E-state index contributed by atoms with van der Waals surface area (Å²) >= 11 is 5.82. The van der Waals surface area contributed by atoms with Gasteiger partial charge in [-0.3, -0.25) is 9.69 Å². The molecule has 1 aromatic heterocycles. The van der Waals surface area contributed by atoms with Crippen LogP contribution in [0.2, 0.25) is 5.02 Å². The van der Waals surface area contributed by atoms with Crippen molar-refractivity contribution in [2.24, 2.45) is 0 Å². The Labute approximate surface area is 154 Å². The minimum absolute atomic E-state index is 0.0218. The van der Waals surface area contributed by atoms with Crippen LogP contribution in [0.5, 0.6) is 5.75 Å². The molecular formula is C19H17ClN2O4. The molecule has 0 atom stereocenters. The molecule has 7 heteroatoms. The number of rotatable bonds is 5. The first kappa shape index (κ1) is 18.0. The number of likely N-dealkylation sites (N-methyl/N-ethyl adjacent to an activating group) is 1. The highest BCUT2D eigenvalue weighted by Crippen LogP contribution is 2.22. The van der Waals surface area contributed by atoms with Crippen molar-refractivity contribution in [2.75, 3.05) is 18.9 Å². The number of aromatic hydroxyl groups is 1. The Bertz CT molecular complexity index is 999. The monoisotopic (exact) mass is 372 g/mol. The summed E-state index contributed by atoms with van der Waals surface area (Å²) in [7, 11) is 1.78. The third-order valence-corrected chi connectivity index (χ3v) is 4.05. The lowest BCUT2D eigenvalue weighted by molar-refractivity contribution is -0.117. The van der Waals surface area contributed by atoms with Crippen LogP contribution >= 0.6 is 11.6 Å². The van der Waals surface area contributed by atoms with Gasteiger partial charge in [-0.15, -0.1) is 0 Å². The van der Waals surface area contributed by atoms with Gasteiger partial charge in [0.1, 0.15) is 11.3 Å². The number of nitrogens with zero attached hydrogens (tertiary/aromatic N) is 1. The minimum atomic E-state index is -0.503. The van der Waals surface area contributed by atoms with Crippen molar-refractivity contribution < 1.29 is 14.3 Å². The molecule has 134 valence electrons. The Morgan fingerprint density at radius 1 is 1.19 bits per heavy atom. The summed E-state index contributed by atoms with van der Waals surface area (Å²) in [6.07, 6.45) is 0. The van der Waals surface area contributed by atoms with E-state index >= 15 is 0 Å². The molecule has 0 aliphatic heterocycles. The molecule has 0 bridgehead atoms. The first-order valence-electron chi connectivity index (χ1n) is 7.90. The number of hydrogen-bond acceptors (Lipinski definition) is 5. The average Bonchev–Trinajstić information content (AvgIpc) is 2.56. The SMILES string of the molecule is CN(CC(=O)Nc1ccc(Cl)cc1)Cc1cc(=O)oc2cc(O)ccc12. The summed E-state index contributed by atoms with van der Waals surface area (Å²) in [5.74, 6) is -0.159. The van der Waals surface area contributed by atoms with Gasteiger partial charge < -0.3 is 14.8 Å². The molecule has 0 saturated carbocycles. The number of carbonyl (C=O) groups excluding carboxylic acids is 1. The summed E-state index contributed by atoms with van der Waals surface area (Å²) in [5.41, 5.74) is 1.19. The van der Waals surface area contributed by atoms with Crippen molar-refractivity contribution in [2.45, 2.75) is 6.54 Å². The molecule has 0 aliphatic rings. The number of halogens is 1. The maximum absolute atomic E-state index is 12.2. The molecule has 1 amide bonds. The third-order valence-electron chi connectivity index (χ3n) is 3.80. The van der Waals surface area contributed by atoms with E-state index in [1.165, 1.54) is 18.2 Å². The highest BCUT2D eigenvalue weighted by Gasteiger charge is 2.12. The number of phenols is 1. The van der Waals surface area contributed by atoms with Crippen LogP contribution in [0.15, 0.2) is 57.7 Å². The first-order chi connectivity index (χ1) is 12.4. The van der Waals surface area contributed by atoms with E-state index in [0.29, 0.717) is 28.2 Å². The molecule has 3 aromatic rings. The lowest BCUT2D eigenvalue weighted by atomic mass is 10.1. The van der Waals surface area contributed by atoms with Crippen molar-refractivity contribution in [3.05, 3.63) is 69.5 Å². The van der Waals surface area contributed by atoms with Gasteiger partial charge in [0, 0.05) is 34.8 Å². The molecule has 0 fully saturated rings. The summed E-state index contributed by atoms with van der Waals surface area (Å²) in [6.45, 7) is 0.517. The predicted molar refractivity (Wildman–Crippen MR) is 101 cm³/mol. The van der Waals surface area contributed by atoms with E-state index in [2.05, 4.69) is 5.32 Å². The fraction of sp³-hybridized carbons (Fsp3) is 0.158. The number of anilines is 1. The highest BCUT2D eigenvalue weighted by atomic mass is 35.5. The number of phenolic OH excluding ortho intramolecular Hbond substituents is 1. The van der Waals surface area contributed by atoms with Gasteiger partial charge in [0.05, 0.1) is 6.54 Å². The summed E-state index contributed by atoms with van der Waals surface area (Å²) in [4.78, 5) is 25.7. The minimum Gasteiger partial charge on any atom is -0.508 e. The van der Waals surface area contributed by atoms with Gasteiger partial charge in [-0.1, -0.05) is 11.6 Å². The molecule has 1 heterocycles. The lowest BCUT2D eigenvalue weighted by Gasteiger charge is -2.17.